The first-order valence-corrected chi connectivity index (χ1v) is 6.58. The Kier molecular flexibility index (Phi) is 5.82. The number of carbonyl (C=O) groups excluding carboxylic acids is 1. The molecule has 1 rings (SSSR count). The van der Waals surface area contributed by atoms with Crippen LogP contribution < -0.4 is 10.6 Å². The maximum Gasteiger partial charge on any atom is 0.407 e. The van der Waals surface area contributed by atoms with E-state index < -0.39 is 5.60 Å². The van der Waals surface area contributed by atoms with Gasteiger partial charge >= 0.3 is 6.09 Å². The van der Waals surface area contributed by atoms with Gasteiger partial charge in [-0.2, -0.15) is 0 Å². The van der Waals surface area contributed by atoms with Gasteiger partial charge in [-0.05, 0) is 27.2 Å². The summed E-state index contributed by atoms with van der Waals surface area (Å²) in [6.45, 7) is 8.86. The number of hydrogen-bond donors (Lipinski definition) is 3. The lowest BCUT2D eigenvalue weighted by molar-refractivity contribution is 0.0522. The third-order valence-electron chi connectivity index (χ3n) is 2.52. The van der Waals surface area contributed by atoms with Crippen molar-refractivity contribution in [2.45, 2.75) is 52.3 Å². The molecule has 1 atom stereocenters. The number of H-pyrrole nitrogens is 1. The Hall–Kier alpha value is -1.56. The molecule has 0 spiro atoms. The van der Waals surface area contributed by atoms with Crippen molar-refractivity contribution in [3.63, 3.8) is 0 Å². The second-order valence-electron chi connectivity index (χ2n) is 5.45. The molecule has 108 valence electrons. The largest absolute Gasteiger partial charge is 0.444 e. The lowest BCUT2D eigenvalue weighted by Gasteiger charge is -2.22. The molecule has 0 aliphatic heterocycles. The van der Waals surface area contributed by atoms with Crippen LogP contribution in [0, 0.1) is 0 Å². The summed E-state index contributed by atoms with van der Waals surface area (Å²) in [5.41, 5.74) is 0.561. The van der Waals surface area contributed by atoms with Crippen molar-refractivity contribution in [3.8, 4) is 0 Å². The van der Waals surface area contributed by atoms with Gasteiger partial charge in [0.05, 0.1) is 6.33 Å². The standard InChI is InChI=1S/C13H24N4O2/c1-5-10(15-8-11-6-14-9-17-11)7-16-12(18)19-13(2,3)4/h6,9-10,15H,5,7-8H2,1-4H3,(H,14,17)(H,16,18). The van der Waals surface area contributed by atoms with E-state index in [0.717, 1.165) is 12.1 Å². The van der Waals surface area contributed by atoms with Gasteiger partial charge in [-0.25, -0.2) is 9.78 Å². The van der Waals surface area contributed by atoms with Crippen molar-refractivity contribution in [1.82, 2.24) is 20.6 Å². The normalized spacial score (nSPS) is 13.1. The predicted molar refractivity (Wildman–Crippen MR) is 73.7 cm³/mol. The van der Waals surface area contributed by atoms with E-state index in [1.165, 1.54) is 0 Å². The maximum absolute atomic E-state index is 11.5. The number of aromatic nitrogens is 2. The lowest BCUT2D eigenvalue weighted by Crippen LogP contribution is -2.42. The monoisotopic (exact) mass is 268 g/mol. The van der Waals surface area contributed by atoms with E-state index >= 15 is 0 Å². The summed E-state index contributed by atoms with van der Waals surface area (Å²) >= 11 is 0. The molecule has 1 aromatic heterocycles. The Balaban J connectivity index is 2.26. The summed E-state index contributed by atoms with van der Waals surface area (Å²) in [6.07, 6.45) is 3.97. The van der Waals surface area contributed by atoms with Gasteiger partial charge in [0.2, 0.25) is 0 Å². The van der Waals surface area contributed by atoms with Gasteiger partial charge < -0.3 is 20.4 Å². The van der Waals surface area contributed by atoms with E-state index in [1.807, 2.05) is 20.8 Å². The Morgan fingerprint density at radius 2 is 2.26 bits per heavy atom. The quantitative estimate of drug-likeness (QED) is 0.735. The number of imidazole rings is 1. The van der Waals surface area contributed by atoms with Crippen LogP contribution in [0.2, 0.25) is 0 Å². The van der Waals surface area contributed by atoms with E-state index in [0.29, 0.717) is 13.1 Å². The molecule has 0 saturated carbocycles. The number of nitrogens with zero attached hydrogens (tertiary/aromatic N) is 1. The molecule has 0 saturated heterocycles. The first-order chi connectivity index (χ1) is 8.90. The summed E-state index contributed by atoms with van der Waals surface area (Å²) in [5, 5.41) is 6.12. The molecule has 1 unspecified atom stereocenters. The molecule has 1 heterocycles. The van der Waals surface area contributed by atoms with Crippen molar-refractivity contribution < 1.29 is 9.53 Å². The highest BCUT2D eigenvalue weighted by Crippen LogP contribution is 2.06. The van der Waals surface area contributed by atoms with Gasteiger partial charge in [-0.1, -0.05) is 6.92 Å². The lowest BCUT2D eigenvalue weighted by atomic mass is 10.2. The highest BCUT2D eigenvalue weighted by molar-refractivity contribution is 5.67. The second-order valence-corrected chi connectivity index (χ2v) is 5.45. The van der Waals surface area contributed by atoms with Crippen LogP contribution >= 0.6 is 0 Å². The SMILES string of the molecule is CCC(CNC(=O)OC(C)(C)C)NCc1cnc[nH]1. The molecule has 6 nitrogen and oxygen atoms in total. The molecule has 19 heavy (non-hydrogen) atoms. The summed E-state index contributed by atoms with van der Waals surface area (Å²) in [6, 6.07) is 0.204. The zero-order valence-electron chi connectivity index (χ0n) is 12.1. The third kappa shape index (κ3) is 6.81. The van der Waals surface area contributed by atoms with Crippen molar-refractivity contribution in [3.05, 3.63) is 18.2 Å². The van der Waals surface area contributed by atoms with Crippen LogP contribution in [-0.2, 0) is 11.3 Å². The zero-order valence-corrected chi connectivity index (χ0v) is 12.1. The molecular formula is C13H24N4O2. The number of amides is 1. The molecule has 3 N–H and O–H groups in total. The third-order valence-corrected chi connectivity index (χ3v) is 2.52. The Morgan fingerprint density at radius 3 is 2.79 bits per heavy atom. The fourth-order valence-corrected chi connectivity index (χ4v) is 1.52. The van der Waals surface area contributed by atoms with Gasteiger partial charge in [-0.3, -0.25) is 0 Å². The zero-order chi connectivity index (χ0) is 14.3. The van der Waals surface area contributed by atoms with Crippen molar-refractivity contribution >= 4 is 6.09 Å². The van der Waals surface area contributed by atoms with E-state index in [4.69, 9.17) is 4.74 Å². The molecule has 1 amide bonds. The van der Waals surface area contributed by atoms with E-state index in [1.54, 1.807) is 12.5 Å². The van der Waals surface area contributed by atoms with Crippen LogP contribution in [0.15, 0.2) is 12.5 Å². The van der Waals surface area contributed by atoms with Crippen molar-refractivity contribution in [2.24, 2.45) is 0 Å². The fourth-order valence-electron chi connectivity index (χ4n) is 1.52. The molecule has 6 heteroatoms. The molecule has 0 aliphatic rings. The van der Waals surface area contributed by atoms with Gasteiger partial charge in [-0.15, -0.1) is 0 Å². The number of alkyl carbamates (subject to hydrolysis) is 1. The van der Waals surface area contributed by atoms with Crippen LogP contribution in [0.1, 0.15) is 39.8 Å². The van der Waals surface area contributed by atoms with Crippen LogP contribution in [0.25, 0.3) is 0 Å². The highest BCUT2D eigenvalue weighted by atomic mass is 16.6. The minimum Gasteiger partial charge on any atom is -0.444 e. The molecule has 0 bridgehead atoms. The van der Waals surface area contributed by atoms with Crippen LogP contribution in [-0.4, -0.2) is 34.2 Å². The molecule has 0 aliphatic carbocycles. The van der Waals surface area contributed by atoms with Crippen LogP contribution in [0.4, 0.5) is 4.79 Å². The minimum absolute atomic E-state index is 0.204. The van der Waals surface area contributed by atoms with Gasteiger partial charge in [0.15, 0.2) is 0 Å². The van der Waals surface area contributed by atoms with Crippen LogP contribution in [0.3, 0.4) is 0 Å². The molecule has 0 radical (unpaired) electrons. The Labute approximate surface area is 114 Å². The topological polar surface area (TPSA) is 79.0 Å². The summed E-state index contributed by atoms with van der Waals surface area (Å²) in [5.74, 6) is 0. The minimum atomic E-state index is -0.463. The maximum atomic E-state index is 11.5. The first-order valence-electron chi connectivity index (χ1n) is 6.58. The fraction of sp³-hybridized carbons (Fsp3) is 0.692. The van der Waals surface area contributed by atoms with Crippen molar-refractivity contribution in [2.75, 3.05) is 6.54 Å². The highest BCUT2D eigenvalue weighted by Gasteiger charge is 2.16. The van der Waals surface area contributed by atoms with E-state index in [-0.39, 0.29) is 12.1 Å². The molecular weight excluding hydrogens is 244 g/mol. The average molecular weight is 268 g/mol. The van der Waals surface area contributed by atoms with Gasteiger partial charge in [0, 0.05) is 31.0 Å². The first kappa shape index (κ1) is 15.5. The Morgan fingerprint density at radius 1 is 1.53 bits per heavy atom. The molecule has 0 aromatic carbocycles. The second kappa shape index (κ2) is 7.13. The van der Waals surface area contributed by atoms with E-state index in [2.05, 4.69) is 27.5 Å². The number of ether oxygens (including phenoxy) is 1. The van der Waals surface area contributed by atoms with Crippen LogP contribution in [0.5, 0.6) is 0 Å². The van der Waals surface area contributed by atoms with E-state index in [9.17, 15) is 4.79 Å². The number of carbonyl (C=O) groups is 1. The van der Waals surface area contributed by atoms with Gasteiger partial charge in [0.25, 0.3) is 0 Å². The molecule has 1 aromatic rings. The summed E-state index contributed by atoms with van der Waals surface area (Å²) in [7, 11) is 0. The van der Waals surface area contributed by atoms with Gasteiger partial charge in [0.1, 0.15) is 5.60 Å². The predicted octanol–water partition coefficient (Wildman–Crippen LogP) is 1.80. The number of aromatic amines is 1. The number of nitrogens with one attached hydrogen (secondary N) is 3. The molecule has 0 fully saturated rings. The number of hydrogen-bond acceptors (Lipinski definition) is 4. The summed E-state index contributed by atoms with van der Waals surface area (Å²) < 4.78 is 5.19. The average Bonchev–Trinajstić information content (AvgIpc) is 2.80. The van der Waals surface area contributed by atoms with Crippen molar-refractivity contribution in [1.29, 1.82) is 0 Å². The smallest absolute Gasteiger partial charge is 0.407 e. The Bertz CT molecular complexity index is 370. The number of rotatable bonds is 6. The summed E-state index contributed by atoms with van der Waals surface area (Å²) in [4.78, 5) is 18.5.